The van der Waals surface area contributed by atoms with Crippen LogP contribution >= 0.6 is 23.2 Å². The summed E-state index contributed by atoms with van der Waals surface area (Å²) in [5.74, 6) is -0.236. The number of hydrogen-bond acceptors (Lipinski definition) is 3. The van der Waals surface area contributed by atoms with Crippen LogP contribution in [0.4, 0.5) is 5.69 Å². The van der Waals surface area contributed by atoms with Gasteiger partial charge in [0.05, 0.1) is 16.3 Å². The quantitative estimate of drug-likeness (QED) is 0.870. The summed E-state index contributed by atoms with van der Waals surface area (Å²) in [5, 5.41) is 0.806. The normalized spacial score (nSPS) is 11.6. The van der Waals surface area contributed by atoms with Crippen molar-refractivity contribution in [3.63, 3.8) is 0 Å². The lowest BCUT2D eigenvalue weighted by atomic mass is 10.2. The van der Waals surface area contributed by atoms with Crippen molar-refractivity contribution in [1.29, 1.82) is 0 Å². The van der Waals surface area contributed by atoms with E-state index in [1.165, 1.54) is 6.07 Å². The second kappa shape index (κ2) is 5.64. The first-order chi connectivity index (χ1) is 9.29. The molecule has 2 aromatic rings. The van der Waals surface area contributed by atoms with Gasteiger partial charge >= 0.3 is 0 Å². The second-order valence-corrected chi connectivity index (χ2v) is 7.34. The molecular formula is C14H13Cl2NO2S. The van der Waals surface area contributed by atoms with E-state index in [4.69, 9.17) is 28.9 Å². The summed E-state index contributed by atoms with van der Waals surface area (Å²) in [6.45, 7) is 1.85. The number of nitrogen functional groups attached to an aromatic ring is 1. The van der Waals surface area contributed by atoms with Crippen LogP contribution in [0.5, 0.6) is 0 Å². The third kappa shape index (κ3) is 3.26. The molecule has 2 N–H and O–H groups in total. The van der Waals surface area contributed by atoms with Gasteiger partial charge in [-0.15, -0.1) is 0 Å². The fourth-order valence-electron chi connectivity index (χ4n) is 1.89. The van der Waals surface area contributed by atoms with Crippen LogP contribution in [0, 0.1) is 6.92 Å². The molecule has 2 aromatic carbocycles. The van der Waals surface area contributed by atoms with Gasteiger partial charge in [-0.1, -0.05) is 29.3 Å². The van der Waals surface area contributed by atoms with Gasteiger partial charge in [-0.2, -0.15) is 0 Å². The van der Waals surface area contributed by atoms with E-state index in [2.05, 4.69) is 0 Å². The number of nitrogens with two attached hydrogens (primary N) is 1. The first kappa shape index (κ1) is 15.2. The Morgan fingerprint density at radius 3 is 2.45 bits per heavy atom. The highest BCUT2D eigenvalue weighted by Gasteiger charge is 2.20. The Kier molecular flexibility index (Phi) is 4.28. The molecule has 2 rings (SSSR count). The molecule has 0 radical (unpaired) electrons. The third-order valence-electron chi connectivity index (χ3n) is 2.85. The summed E-state index contributed by atoms with van der Waals surface area (Å²) in [7, 11) is -3.57. The second-order valence-electron chi connectivity index (χ2n) is 4.54. The van der Waals surface area contributed by atoms with Crippen molar-refractivity contribution < 1.29 is 8.42 Å². The van der Waals surface area contributed by atoms with E-state index >= 15 is 0 Å². The Balaban J connectivity index is 2.43. The number of sulfone groups is 1. The van der Waals surface area contributed by atoms with Gasteiger partial charge in [-0.25, -0.2) is 8.42 Å². The summed E-state index contributed by atoms with van der Waals surface area (Å²) in [6, 6.07) is 9.59. The molecule has 0 spiro atoms. The molecule has 106 valence electrons. The zero-order valence-electron chi connectivity index (χ0n) is 10.7. The van der Waals surface area contributed by atoms with Gasteiger partial charge in [0.25, 0.3) is 0 Å². The van der Waals surface area contributed by atoms with E-state index in [0.717, 1.165) is 5.56 Å². The van der Waals surface area contributed by atoms with Gasteiger partial charge in [0.1, 0.15) is 0 Å². The molecule has 0 aliphatic rings. The monoisotopic (exact) mass is 329 g/mol. The lowest BCUT2D eigenvalue weighted by molar-refractivity contribution is 0.595. The van der Waals surface area contributed by atoms with E-state index < -0.39 is 9.84 Å². The van der Waals surface area contributed by atoms with Crippen molar-refractivity contribution in [2.24, 2.45) is 0 Å². The minimum absolute atomic E-state index is 0.110. The predicted octanol–water partition coefficient (Wildman–Crippen LogP) is 3.86. The summed E-state index contributed by atoms with van der Waals surface area (Å²) in [5.41, 5.74) is 7.39. The van der Waals surface area contributed by atoms with Gasteiger partial charge in [-0.3, -0.25) is 0 Å². The van der Waals surface area contributed by atoms with Crippen LogP contribution in [0.3, 0.4) is 0 Å². The van der Waals surface area contributed by atoms with Crippen molar-refractivity contribution in [3.05, 3.63) is 57.6 Å². The third-order valence-corrected chi connectivity index (χ3v) is 5.19. The molecular weight excluding hydrogens is 317 g/mol. The lowest BCUT2D eigenvalue weighted by Crippen LogP contribution is -2.08. The van der Waals surface area contributed by atoms with Gasteiger partial charge in [0.2, 0.25) is 0 Å². The topological polar surface area (TPSA) is 60.2 Å². The maximum Gasteiger partial charge on any atom is 0.184 e. The molecule has 0 fully saturated rings. The summed E-state index contributed by atoms with van der Waals surface area (Å²) in [4.78, 5) is 0.110. The van der Waals surface area contributed by atoms with Crippen LogP contribution in [0.15, 0.2) is 41.3 Å². The minimum atomic E-state index is -3.57. The van der Waals surface area contributed by atoms with Crippen LogP contribution in [0.25, 0.3) is 0 Å². The SMILES string of the molecule is Cc1ccc(S(=O)(=O)Cc2cc(Cl)ccc2Cl)c(N)c1. The number of benzene rings is 2. The van der Waals surface area contributed by atoms with Crippen LogP contribution in [0.2, 0.25) is 10.0 Å². The highest BCUT2D eigenvalue weighted by atomic mass is 35.5. The van der Waals surface area contributed by atoms with Crippen molar-refractivity contribution in [2.75, 3.05) is 5.73 Å². The van der Waals surface area contributed by atoms with Crippen LogP contribution in [-0.4, -0.2) is 8.42 Å². The average Bonchev–Trinajstić information content (AvgIpc) is 2.33. The van der Waals surface area contributed by atoms with Gasteiger partial charge in [0, 0.05) is 10.0 Å². The zero-order chi connectivity index (χ0) is 14.9. The molecule has 0 bridgehead atoms. The van der Waals surface area contributed by atoms with E-state index in [9.17, 15) is 8.42 Å². The van der Waals surface area contributed by atoms with E-state index in [1.807, 2.05) is 6.92 Å². The maximum absolute atomic E-state index is 12.4. The molecule has 0 unspecified atom stereocenters. The first-order valence-corrected chi connectivity index (χ1v) is 8.23. The minimum Gasteiger partial charge on any atom is -0.398 e. The molecule has 3 nitrogen and oxygen atoms in total. The van der Waals surface area contributed by atoms with Crippen LogP contribution in [-0.2, 0) is 15.6 Å². The van der Waals surface area contributed by atoms with E-state index in [-0.39, 0.29) is 16.3 Å². The number of aryl methyl sites for hydroxylation is 1. The van der Waals surface area contributed by atoms with Gasteiger partial charge in [0.15, 0.2) is 9.84 Å². The molecule has 0 saturated carbocycles. The lowest BCUT2D eigenvalue weighted by Gasteiger charge is -2.10. The summed E-state index contributed by atoms with van der Waals surface area (Å²) in [6.07, 6.45) is 0. The molecule has 0 aromatic heterocycles. The van der Waals surface area contributed by atoms with Crippen LogP contribution < -0.4 is 5.73 Å². The first-order valence-electron chi connectivity index (χ1n) is 5.82. The number of hydrogen-bond donors (Lipinski definition) is 1. The number of anilines is 1. The Morgan fingerprint density at radius 1 is 1.10 bits per heavy atom. The Bertz CT molecular complexity index is 758. The number of rotatable bonds is 3. The molecule has 0 aliphatic carbocycles. The Hall–Kier alpha value is -1.23. The van der Waals surface area contributed by atoms with Gasteiger partial charge in [-0.05, 0) is 48.4 Å². The zero-order valence-corrected chi connectivity index (χ0v) is 13.1. The molecule has 0 heterocycles. The highest BCUT2D eigenvalue weighted by Crippen LogP contribution is 2.28. The van der Waals surface area contributed by atoms with E-state index in [0.29, 0.717) is 15.6 Å². The predicted molar refractivity (Wildman–Crippen MR) is 82.9 cm³/mol. The summed E-state index contributed by atoms with van der Waals surface area (Å²) < 4.78 is 24.8. The van der Waals surface area contributed by atoms with Crippen molar-refractivity contribution in [3.8, 4) is 0 Å². The molecule has 0 amide bonds. The highest BCUT2D eigenvalue weighted by molar-refractivity contribution is 7.90. The largest absolute Gasteiger partial charge is 0.398 e. The molecule has 0 atom stereocenters. The molecule has 0 aliphatic heterocycles. The fourth-order valence-corrected chi connectivity index (χ4v) is 3.84. The Morgan fingerprint density at radius 2 is 1.80 bits per heavy atom. The molecule has 6 heteroatoms. The molecule has 0 saturated heterocycles. The Labute approximate surface area is 128 Å². The van der Waals surface area contributed by atoms with Crippen molar-refractivity contribution in [1.82, 2.24) is 0 Å². The molecule has 20 heavy (non-hydrogen) atoms. The smallest absolute Gasteiger partial charge is 0.184 e. The standard InChI is InChI=1S/C14H13Cl2NO2S/c1-9-2-5-14(13(17)6-9)20(18,19)8-10-7-11(15)3-4-12(10)16/h2-7H,8,17H2,1H3. The number of halogens is 2. The van der Waals surface area contributed by atoms with Crippen LogP contribution in [0.1, 0.15) is 11.1 Å². The van der Waals surface area contributed by atoms with Crippen molar-refractivity contribution in [2.45, 2.75) is 17.6 Å². The summed E-state index contributed by atoms with van der Waals surface area (Å²) >= 11 is 11.9. The maximum atomic E-state index is 12.4. The average molecular weight is 330 g/mol. The van der Waals surface area contributed by atoms with Crippen molar-refractivity contribution >= 4 is 38.7 Å². The fraction of sp³-hybridized carbons (Fsp3) is 0.143. The van der Waals surface area contributed by atoms with Gasteiger partial charge < -0.3 is 5.73 Å². The van der Waals surface area contributed by atoms with E-state index in [1.54, 1.807) is 30.3 Å².